The van der Waals surface area contributed by atoms with E-state index in [9.17, 15) is 9.59 Å². The molecule has 0 aromatic heterocycles. The Hall–Kier alpha value is -2.04. The Kier molecular flexibility index (Phi) is 6.02. The van der Waals surface area contributed by atoms with Crippen molar-refractivity contribution in [1.82, 2.24) is 5.32 Å². The second kappa shape index (κ2) is 7.99. The first-order valence-electron chi connectivity index (χ1n) is 8.29. The van der Waals surface area contributed by atoms with Crippen LogP contribution in [0.1, 0.15) is 38.2 Å². The Morgan fingerprint density at radius 3 is 2.87 bits per heavy atom. The molecule has 0 bridgehead atoms. The van der Waals surface area contributed by atoms with Gasteiger partial charge in [-0.2, -0.15) is 0 Å². The maximum absolute atomic E-state index is 12.3. The largest absolute Gasteiger partial charge is 0.495 e. The SMILES string of the molecule is CCCCCNC(=O)[C@@H]1CC(=O)N(c2cc(C)ccc2OC)C1. The first-order valence-corrected chi connectivity index (χ1v) is 8.29. The van der Waals surface area contributed by atoms with Crippen LogP contribution < -0.4 is 15.0 Å². The summed E-state index contributed by atoms with van der Waals surface area (Å²) in [5.41, 5.74) is 1.81. The van der Waals surface area contributed by atoms with Gasteiger partial charge < -0.3 is 15.0 Å². The Bertz CT molecular complexity index is 571. The zero-order chi connectivity index (χ0) is 16.8. The molecule has 1 aromatic carbocycles. The molecule has 5 nitrogen and oxygen atoms in total. The number of aryl methyl sites for hydroxylation is 1. The second-order valence-corrected chi connectivity index (χ2v) is 6.08. The highest BCUT2D eigenvalue weighted by molar-refractivity contribution is 6.01. The number of hydrogen-bond acceptors (Lipinski definition) is 3. The van der Waals surface area contributed by atoms with Gasteiger partial charge in [-0.3, -0.25) is 9.59 Å². The third-order valence-electron chi connectivity index (χ3n) is 4.20. The van der Waals surface area contributed by atoms with Crippen molar-refractivity contribution in [2.75, 3.05) is 25.1 Å². The number of nitrogens with zero attached hydrogens (tertiary/aromatic N) is 1. The molecule has 2 amide bonds. The number of nitrogens with one attached hydrogen (secondary N) is 1. The number of benzene rings is 1. The molecule has 23 heavy (non-hydrogen) atoms. The minimum atomic E-state index is -0.283. The minimum Gasteiger partial charge on any atom is -0.495 e. The fraction of sp³-hybridized carbons (Fsp3) is 0.556. The van der Waals surface area contributed by atoms with Gasteiger partial charge in [-0.05, 0) is 31.0 Å². The van der Waals surface area contributed by atoms with Crippen LogP contribution in [-0.2, 0) is 9.59 Å². The van der Waals surface area contributed by atoms with Gasteiger partial charge in [0.1, 0.15) is 5.75 Å². The Balaban J connectivity index is 2.02. The van der Waals surface area contributed by atoms with Crippen LogP contribution in [0.25, 0.3) is 0 Å². The maximum atomic E-state index is 12.3. The second-order valence-electron chi connectivity index (χ2n) is 6.08. The van der Waals surface area contributed by atoms with E-state index in [0.29, 0.717) is 18.8 Å². The number of carbonyl (C=O) groups is 2. The molecular weight excluding hydrogens is 292 g/mol. The number of hydrogen-bond donors (Lipinski definition) is 1. The molecule has 1 aromatic rings. The Morgan fingerprint density at radius 2 is 2.17 bits per heavy atom. The molecule has 1 heterocycles. The van der Waals surface area contributed by atoms with Crippen molar-refractivity contribution in [1.29, 1.82) is 0 Å². The summed E-state index contributed by atoms with van der Waals surface area (Å²) in [6.45, 7) is 5.20. The van der Waals surface area contributed by atoms with Crippen LogP contribution >= 0.6 is 0 Å². The minimum absolute atomic E-state index is 0.0245. The van der Waals surface area contributed by atoms with E-state index in [1.165, 1.54) is 0 Å². The van der Waals surface area contributed by atoms with Gasteiger partial charge in [0, 0.05) is 19.5 Å². The van der Waals surface area contributed by atoms with Gasteiger partial charge in [0.05, 0.1) is 18.7 Å². The lowest BCUT2D eigenvalue weighted by atomic mass is 10.1. The topological polar surface area (TPSA) is 58.6 Å². The Morgan fingerprint density at radius 1 is 1.39 bits per heavy atom. The standard InChI is InChI=1S/C18H26N2O3/c1-4-5-6-9-19-18(22)14-11-17(21)20(12-14)15-10-13(2)7-8-16(15)23-3/h7-8,10,14H,4-6,9,11-12H2,1-3H3,(H,19,22)/t14-/m1/s1. The number of rotatable bonds is 7. The van der Waals surface area contributed by atoms with Crippen LogP contribution in [0.2, 0.25) is 0 Å². The van der Waals surface area contributed by atoms with Gasteiger partial charge in [0.15, 0.2) is 0 Å². The van der Waals surface area contributed by atoms with Crippen LogP contribution in [0.3, 0.4) is 0 Å². The van der Waals surface area contributed by atoms with E-state index in [1.54, 1.807) is 12.0 Å². The number of methoxy groups -OCH3 is 1. The summed E-state index contributed by atoms with van der Waals surface area (Å²) in [6.07, 6.45) is 3.48. The highest BCUT2D eigenvalue weighted by atomic mass is 16.5. The van der Waals surface area contributed by atoms with E-state index in [-0.39, 0.29) is 24.2 Å². The van der Waals surface area contributed by atoms with Gasteiger partial charge in [-0.25, -0.2) is 0 Å². The maximum Gasteiger partial charge on any atom is 0.227 e. The smallest absolute Gasteiger partial charge is 0.227 e. The molecule has 2 rings (SSSR count). The highest BCUT2D eigenvalue weighted by Gasteiger charge is 2.36. The third-order valence-corrected chi connectivity index (χ3v) is 4.20. The van der Waals surface area contributed by atoms with Crippen LogP contribution in [0, 0.1) is 12.8 Å². The number of carbonyl (C=O) groups excluding carboxylic acids is 2. The van der Waals surface area contributed by atoms with Crippen molar-refractivity contribution in [3.05, 3.63) is 23.8 Å². The molecule has 0 unspecified atom stereocenters. The lowest BCUT2D eigenvalue weighted by Crippen LogP contribution is -2.33. The van der Waals surface area contributed by atoms with Gasteiger partial charge >= 0.3 is 0 Å². The normalized spacial score (nSPS) is 17.4. The Labute approximate surface area is 138 Å². The van der Waals surface area contributed by atoms with E-state index < -0.39 is 0 Å². The van der Waals surface area contributed by atoms with Gasteiger partial charge in [0.25, 0.3) is 0 Å². The fourth-order valence-corrected chi connectivity index (χ4v) is 2.86. The summed E-state index contributed by atoms with van der Waals surface area (Å²) in [5, 5.41) is 2.94. The summed E-state index contributed by atoms with van der Waals surface area (Å²) < 4.78 is 5.35. The van der Waals surface area contributed by atoms with Crippen LogP contribution in [0.4, 0.5) is 5.69 Å². The molecule has 1 N–H and O–H groups in total. The fourth-order valence-electron chi connectivity index (χ4n) is 2.86. The molecule has 1 aliphatic heterocycles. The van der Waals surface area contributed by atoms with Crippen molar-refractivity contribution in [2.24, 2.45) is 5.92 Å². The van der Waals surface area contributed by atoms with Gasteiger partial charge in [0.2, 0.25) is 11.8 Å². The molecule has 0 saturated carbocycles. The van der Waals surface area contributed by atoms with Crippen LogP contribution in [0.5, 0.6) is 5.75 Å². The molecule has 5 heteroatoms. The summed E-state index contributed by atoms with van der Waals surface area (Å²) in [5.74, 6) is 0.327. The van der Waals surface area contributed by atoms with Crippen molar-refractivity contribution in [3.8, 4) is 5.75 Å². The quantitative estimate of drug-likeness (QED) is 0.786. The predicted molar refractivity (Wildman–Crippen MR) is 90.7 cm³/mol. The lowest BCUT2D eigenvalue weighted by molar-refractivity contribution is -0.126. The molecule has 0 spiro atoms. The summed E-state index contributed by atoms with van der Waals surface area (Å²) >= 11 is 0. The molecule has 0 aliphatic carbocycles. The third kappa shape index (κ3) is 4.24. The molecule has 1 fully saturated rings. The van der Waals surface area contributed by atoms with Crippen molar-refractivity contribution >= 4 is 17.5 Å². The average Bonchev–Trinajstić information content (AvgIpc) is 2.93. The molecule has 1 atom stereocenters. The number of anilines is 1. The first-order chi connectivity index (χ1) is 11.1. The van der Waals surface area contributed by atoms with E-state index in [0.717, 1.165) is 30.5 Å². The number of unbranched alkanes of at least 4 members (excludes halogenated alkanes) is 2. The first kappa shape index (κ1) is 17.3. The van der Waals surface area contributed by atoms with E-state index in [2.05, 4.69) is 12.2 Å². The van der Waals surface area contributed by atoms with Crippen LogP contribution in [-0.4, -0.2) is 32.0 Å². The number of amides is 2. The van der Waals surface area contributed by atoms with Crippen LogP contribution in [0.15, 0.2) is 18.2 Å². The molecule has 0 radical (unpaired) electrons. The zero-order valence-electron chi connectivity index (χ0n) is 14.2. The van der Waals surface area contributed by atoms with Crippen molar-refractivity contribution in [3.63, 3.8) is 0 Å². The summed E-state index contributed by atoms with van der Waals surface area (Å²) in [7, 11) is 1.59. The number of ether oxygens (including phenoxy) is 1. The van der Waals surface area contributed by atoms with Crippen molar-refractivity contribution < 1.29 is 14.3 Å². The van der Waals surface area contributed by atoms with E-state index in [4.69, 9.17) is 4.74 Å². The monoisotopic (exact) mass is 318 g/mol. The van der Waals surface area contributed by atoms with Gasteiger partial charge in [-0.1, -0.05) is 25.8 Å². The van der Waals surface area contributed by atoms with E-state index >= 15 is 0 Å². The summed E-state index contributed by atoms with van der Waals surface area (Å²) in [4.78, 5) is 26.2. The summed E-state index contributed by atoms with van der Waals surface area (Å²) in [6, 6.07) is 5.73. The highest BCUT2D eigenvalue weighted by Crippen LogP contribution is 2.33. The zero-order valence-corrected chi connectivity index (χ0v) is 14.2. The molecule has 126 valence electrons. The molecule has 1 saturated heterocycles. The lowest BCUT2D eigenvalue weighted by Gasteiger charge is -2.20. The molecular formula is C18H26N2O3. The molecule has 1 aliphatic rings. The average molecular weight is 318 g/mol. The predicted octanol–water partition coefficient (Wildman–Crippen LogP) is 2.66. The van der Waals surface area contributed by atoms with Crippen molar-refractivity contribution in [2.45, 2.75) is 39.5 Å². The van der Waals surface area contributed by atoms with E-state index in [1.807, 2.05) is 25.1 Å². The van der Waals surface area contributed by atoms with Gasteiger partial charge in [-0.15, -0.1) is 0 Å².